The van der Waals surface area contributed by atoms with Crippen molar-refractivity contribution in [3.05, 3.63) is 95.6 Å². The molecule has 0 spiro atoms. The fourth-order valence-electron chi connectivity index (χ4n) is 2.78. The zero-order valence-corrected chi connectivity index (χ0v) is 15.3. The minimum Gasteiger partial charge on any atom is -0.478 e. The first kappa shape index (κ1) is 18.7. The third-order valence-corrected chi connectivity index (χ3v) is 5.59. The Kier molecular flexibility index (Phi) is 5.57. The van der Waals surface area contributed by atoms with Gasteiger partial charge in [0.15, 0.2) is 0 Å². The summed E-state index contributed by atoms with van der Waals surface area (Å²) in [5.41, 5.74) is 2.56. The molecule has 0 radical (unpaired) electrons. The van der Waals surface area contributed by atoms with Crippen LogP contribution in [0.2, 0.25) is 0 Å². The molecule has 0 saturated carbocycles. The molecule has 0 atom stereocenters. The summed E-state index contributed by atoms with van der Waals surface area (Å²) in [5.74, 6) is -0.934. The van der Waals surface area contributed by atoms with Crippen LogP contribution in [0.25, 0.3) is 0 Å². The van der Waals surface area contributed by atoms with E-state index in [0.29, 0.717) is 24.1 Å². The number of carboxylic acids is 1. The molecule has 27 heavy (non-hydrogen) atoms. The quantitative estimate of drug-likeness (QED) is 0.649. The number of rotatable bonds is 7. The van der Waals surface area contributed by atoms with Gasteiger partial charge in [0, 0.05) is 5.69 Å². The first-order valence-electron chi connectivity index (χ1n) is 8.44. The zero-order chi connectivity index (χ0) is 19.3. The Labute approximate surface area is 158 Å². The average Bonchev–Trinajstić information content (AvgIpc) is 2.68. The molecule has 0 heterocycles. The van der Waals surface area contributed by atoms with E-state index < -0.39 is 16.0 Å². The molecule has 0 saturated heterocycles. The first-order valence-corrected chi connectivity index (χ1v) is 9.92. The molecule has 138 valence electrons. The SMILES string of the molecule is O=C(O)c1ccccc1CCc1ccc(NS(=O)(=O)c2ccccc2)cc1. The van der Waals surface area contributed by atoms with E-state index in [4.69, 9.17) is 0 Å². The summed E-state index contributed by atoms with van der Waals surface area (Å²) in [6.07, 6.45) is 1.26. The summed E-state index contributed by atoms with van der Waals surface area (Å²) in [5, 5.41) is 9.24. The summed E-state index contributed by atoms with van der Waals surface area (Å²) in [4.78, 5) is 11.5. The number of carboxylic acid groups (broad SMARTS) is 1. The molecule has 0 fully saturated rings. The fourth-order valence-corrected chi connectivity index (χ4v) is 3.86. The van der Waals surface area contributed by atoms with Gasteiger partial charge in [-0.2, -0.15) is 0 Å². The molecule has 0 unspecified atom stereocenters. The van der Waals surface area contributed by atoms with E-state index in [1.165, 1.54) is 12.1 Å². The van der Waals surface area contributed by atoms with Crippen molar-refractivity contribution in [1.82, 2.24) is 0 Å². The first-order chi connectivity index (χ1) is 13.0. The van der Waals surface area contributed by atoms with Crippen LogP contribution in [0.3, 0.4) is 0 Å². The molecular weight excluding hydrogens is 362 g/mol. The van der Waals surface area contributed by atoms with Gasteiger partial charge in [-0.1, -0.05) is 48.5 Å². The zero-order valence-electron chi connectivity index (χ0n) is 14.5. The molecule has 3 aromatic carbocycles. The highest BCUT2D eigenvalue weighted by atomic mass is 32.2. The van der Waals surface area contributed by atoms with Gasteiger partial charge in [-0.3, -0.25) is 4.72 Å². The van der Waals surface area contributed by atoms with Gasteiger partial charge < -0.3 is 5.11 Å². The van der Waals surface area contributed by atoms with Crippen LogP contribution >= 0.6 is 0 Å². The monoisotopic (exact) mass is 381 g/mol. The molecular formula is C21H19NO4S. The Balaban J connectivity index is 1.67. The standard InChI is InChI=1S/C21H19NO4S/c23-21(24)20-9-5-4-6-17(20)13-10-16-11-14-18(15-12-16)22-27(25,26)19-7-2-1-3-8-19/h1-9,11-12,14-15,22H,10,13H2,(H,23,24). The van der Waals surface area contributed by atoms with Gasteiger partial charge in [0.25, 0.3) is 10.0 Å². The van der Waals surface area contributed by atoms with Crippen molar-refractivity contribution in [3.8, 4) is 0 Å². The van der Waals surface area contributed by atoms with Crippen molar-refractivity contribution in [2.75, 3.05) is 4.72 Å². The van der Waals surface area contributed by atoms with Crippen LogP contribution in [0.15, 0.2) is 83.8 Å². The Bertz CT molecular complexity index is 1030. The van der Waals surface area contributed by atoms with Crippen LogP contribution in [-0.4, -0.2) is 19.5 Å². The van der Waals surface area contributed by atoms with Crippen molar-refractivity contribution >= 4 is 21.7 Å². The van der Waals surface area contributed by atoms with Crippen LogP contribution in [0.5, 0.6) is 0 Å². The van der Waals surface area contributed by atoms with Crippen molar-refractivity contribution < 1.29 is 18.3 Å². The van der Waals surface area contributed by atoms with Crippen LogP contribution in [0.4, 0.5) is 5.69 Å². The summed E-state index contributed by atoms with van der Waals surface area (Å²) in [6, 6.07) is 22.2. The fraction of sp³-hybridized carbons (Fsp3) is 0.0952. The summed E-state index contributed by atoms with van der Waals surface area (Å²) >= 11 is 0. The average molecular weight is 381 g/mol. The second kappa shape index (κ2) is 8.05. The molecule has 0 aliphatic rings. The summed E-state index contributed by atoms with van der Waals surface area (Å²) in [6.45, 7) is 0. The number of hydrogen-bond acceptors (Lipinski definition) is 3. The van der Waals surface area contributed by atoms with Gasteiger partial charge in [-0.25, -0.2) is 13.2 Å². The molecule has 0 aromatic heterocycles. The number of aromatic carboxylic acids is 1. The lowest BCUT2D eigenvalue weighted by Gasteiger charge is -2.09. The lowest BCUT2D eigenvalue weighted by Crippen LogP contribution is -2.12. The van der Waals surface area contributed by atoms with Gasteiger partial charge in [-0.05, 0) is 54.3 Å². The minimum atomic E-state index is -3.61. The topological polar surface area (TPSA) is 83.5 Å². The highest BCUT2D eigenvalue weighted by Gasteiger charge is 2.13. The van der Waals surface area contributed by atoms with E-state index >= 15 is 0 Å². The van der Waals surface area contributed by atoms with Gasteiger partial charge in [-0.15, -0.1) is 0 Å². The third kappa shape index (κ3) is 4.74. The largest absolute Gasteiger partial charge is 0.478 e. The van der Waals surface area contributed by atoms with Crippen molar-refractivity contribution in [2.24, 2.45) is 0 Å². The van der Waals surface area contributed by atoms with Crippen LogP contribution in [0.1, 0.15) is 21.5 Å². The number of anilines is 1. The molecule has 3 aromatic rings. The van der Waals surface area contributed by atoms with Crippen LogP contribution in [0, 0.1) is 0 Å². The molecule has 0 bridgehead atoms. The normalized spacial score (nSPS) is 11.1. The maximum absolute atomic E-state index is 12.3. The second-order valence-electron chi connectivity index (χ2n) is 6.08. The second-order valence-corrected chi connectivity index (χ2v) is 7.76. The van der Waals surface area contributed by atoms with E-state index in [9.17, 15) is 18.3 Å². The highest BCUT2D eigenvalue weighted by Crippen LogP contribution is 2.18. The summed E-state index contributed by atoms with van der Waals surface area (Å²) in [7, 11) is -3.61. The Hall–Kier alpha value is -3.12. The molecule has 6 heteroatoms. The third-order valence-electron chi connectivity index (χ3n) is 4.19. The van der Waals surface area contributed by atoms with Crippen LogP contribution in [-0.2, 0) is 22.9 Å². The van der Waals surface area contributed by atoms with Crippen molar-refractivity contribution in [1.29, 1.82) is 0 Å². The predicted molar refractivity (Wildman–Crippen MR) is 105 cm³/mol. The van der Waals surface area contributed by atoms with Gasteiger partial charge >= 0.3 is 5.97 Å². The maximum atomic E-state index is 12.3. The van der Waals surface area contributed by atoms with Crippen molar-refractivity contribution in [2.45, 2.75) is 17.7 Å². The molecule has 0 aliphatic carbocycles. The maximum Gasteiger partial charge on any atom is 0.335 e. The van der Waals surface area contributed by atoms with Gasteiger partial charge in [0.1, 0.15) is 0 Å². The van der Waals surface area contributed by atoms with Gasteiger partial charge in [0.2, 0.25) is 0 Å². The lowest BCUT2D eigenvalue weighted by molar-refractivity contribution is 0.0695. The molecule has 2 N–H and O–H groups in total. The summed E-state index contributed by atoms with van der Waals surface area (Å²) < 4.78 is 27.2. The Morgan fingerprint density at radius 2 is 1.44 bits per heavy atom. The van der Waals surface area contributed by atoms with E-state index in [1.807, 2.05) is 24.3 Å². The number of aryl methyl sites for hydroxylation is 2. The Morgan fingerprint density at radius 1 is 0.815 bits per heavy atom. The highest BCUT2D eigenvalue weighted by molar-refractivity contribution is 7.92. The van der Waals surface area contributed by atoms with Crippen molar-refractivity contribution in [3.63, 3.8) is 0 Å². The van der Waals surface area contributed by atoms with Crippen LogP contribution < -0.4 is 4.72 Å². The molecule has 0 amide bonds. The smallest absolute Gasteiger partial charge is 0.335 e. The lowest BCUT2D eigenvalue weighted by atomic mass is 10.00. The predicted octanol–water partition coefficient (Wildman–Crippen LogP) is 3.97. The number of hydrogen-bond donors (Lipinski definition) is 2. The van der Waals surface area contributed by atoms with E-state index in [-0.39, 0.29) is 4.90 Å². The number of nitrogens with one attached hydrogen (secondary N) is 1. The minimum absolute atomic E-state index is 0.208. The molecule has 0 aliphatic heterocycles. The Morgan fingerprint density at radius 3 is 2.11 bits per heavy atom. The van der Waals surface area contributed by atoms with E-state index in [0.717, 1.165) is 11.1 Å². The van der Waals surface area contributed by atoms with E-state index in [2.05, 4.69) is 4.72 Å². The number of carbonyl (C=O) groups is 1. The van der Waals surface area contributed by atoms with Gasteiger partial charge in [0.05, 0.1) is 10.5 Å². The molecule has 5 nitrogen and oxygen atoms in total. The number of sulfonamides is 1. The van der Waals surface area contributed by atoms with E-state index in [1.54, 1.807) is 42.5 Å². The number of benzene rings is 3. The molecule has 3 rings (SSSR count).